The van der Waals surface area contributed by atoms with Crippen LogP contribution in [0, 0.1) is 5.41 Å². The van der Waals surface area contributed by atoms with Gasteiger partial charge in [0.15, 0.2) is 0 Å². The van der Waals surface area contributed by atoms with Crippen molar-refractivity contribution in [3.63, 3.8) is 0 Å². The largest absolute Gasteiger partial charge is 0.381 e. The van der Waals surface area contributed by atoms with Crippen LogP contribution in [-0.2, 0) is 10.4 Å². The fourth-order valence-electron chi connectivity index (χ4n) is 3.59. The van der Waals surface area contributed by atoms with Crippen molar-refractivity contribution in [2.45, 2.75) is 71.4 Å². The second-order valence-electron chi connectivity index (χ2n) is 8.69. The number of aliphatic hydroxyl groups is 1. The maximum absolute atomic E-state index is 12.6. The number of rotatable bonds is 3. The van der Waals surface area contributed by atoms with Crippen molar-refractivity contribution in [1.29, 1.82) is 0 Å². The van der Waals surface area contributed by atoms with Crippen LogP contribution >= 0.6 is 0 Å². The quantitative estimate of drug-likeness (QED) is 0.854. The molecule has 0 spiro atoms. The molecular formula is C19H30N4O2. The minimum atomic E-state index is -1.09. The smallest absolute Gasteiger partial charge is 0.246 e. The molecule has 0 aromatic carbocycles. The first kappa shape index (κ1) is 18.1. The molecule has 1 aliphatic carbocycles. The van der Waals surface area contributed by atoms with Gasteiger partial charge in [-0.1, -0.05) is 24.6 Å². The zero-order chi connectivity index (χ0) is 18.2. The van der Waals surface area contributed by atoms with Gasteiger partial charge in [0, 0.05) is 25.1 Å². The maximum atomic E-state index is 12.6. The van der Waals surface area contributed by atoms with Crippen molar-refractivity contribution in [3.05, 3.63) is 23.5 Å². The van der Waals surface area contributed by atoms with Gasteiger partial charge >= 0.3 is 0 Å². The molecule has 1 aromatic heterocycles. The van der Waals surface area contributed by atoms with E-state index in [-0.39, 0.29) is 18.5 Å². The van der Waals surface area contributed by atoms with E-state index in [4.69, 9.17) is 0 Å². The fourth-order valence-corrected chi connectivity index (χ4v) is 3.59. The molecule has 2 aliphatic rings. The summed E-state index contributed by atoms with van der Waals surface area (Å²) >= 11 is 0. The Hall–Kier alpha value is -1.69. The SMILES string of the molecule is CC(C)n1cc(C2(O)CCN(C(=O)C=C3CCC(C)(C)CC3)C2)nn1. The molecule has 1 aromatic rings. The lowest BCUT2D eigenvalue weighted by molar-refractivity contribution is -0.126. The van der Waals surface area contributed by atoms with E-state index in [0.29, 0.717) is 24.1 Å². The summed E-state index contributed by atoms with van der Waals surface area (Å²) in [5.74, 6) is 0.0156. The van der Waals surface area contributed by atoms with Gasteiger partial charge in [-0.15, -0.1) is 5.10 Å². The summed E-state index contributed by atoms with van der Waals surface area (Å²) in [7, 11) is 0. The minimum absolute atomic E-state index is 0.0156. The lowest BCUT2D eigenvalue weighted by Gasteiger charge is -2.31. The van der Waals surface area contributed by atoms with Crippen LogP contribution in [0.3, 0.4) is 0 Å². The predicted molar refractivity (Wildman–Crippen MR) is 95.8 cm³/mol. The molecule has 1 saturated heterocycles. The number of likely N-dealkylation sites (tertiary alicyclic amines) is 1. The molecule has 1 saturated carbocycles. The van der Waals surface area contributed by atoms with E-state index < -0.39 is 5.60 Å². The van der Waals surface area contributed by atoms with Crippen molar-refractivity contribution in [3.8, 4) is 0 Å². The van der Waals surface area contributed by atoms with Gasteiger partial charge in [-0.05, 0) is 44.9 Å². The molecule has 2 fully saturated rings. The van der Waals surface area contributed by atoms with Crippen molar-refractivity contribution in [2.24, 2.45) is 5.41 Å². The molecule has 6 heteroatoms. The highest BCUT2D eigenvalue weighted by Crippen LogP contribution is 2.38. The third-order valence-electron chi connectivity index (χ3n) is 5.65. The fraction of sp³-hybridized carbons (Fsp3) is 0.737. The zero-order valence-electron chi connectivity index (χ0n) is 15.8. The number of β-amino-alcohol motifs (C(OH)–C–C–N with tert-alkyl or cyclic N) is 1. The van der Waals surface area contributed by atoms with Gasteiger partial charge in [0.2, 0.25) is 5.91 Å². The van der Waals surface area contributed by atoms with E-state index >= 15 is 0 Å². The number of carbonyl (C=O) groups excluding carboxylic acids is 1. The Morgan fingerprint density at radius 3 is 2.56 bits per heavy atom. The normalized spacial score (nSPS) is 26.3. The molecular weight excluding hydrogens is 316 g/mol. The molecule has 3 rings (SSSR count). The molecule has 25 heavy (non-hydrogen) atoms. The molecule has 1 amide bonds. The van der Waals surface area contributed by atoms with E-state index in [0.717, 1.165) is 25.7 Å². The van der Waals surface area contributed by atoms with Crippen molar-refractivity contribution in [2.75, 3.05) is 13.1 Å². The highest BCUT2D eigenvalue weighted by Gasteiger charge is 2.41. The van der Waals surface area contributed by atoms with Crippen LogP contribution in [0.2, 0.25) is 0 Å². The van der Waals surface area contributed by atoms with Gasteiger partial charge in [-0.3, -0.25) is 4.79 Å². The standard InChI is InChI=1S/C19H30N4O2/c1-14(2)23-12-16(20-21-23)19(25)9-10-22(13-19)17(24)11-15-5-7-18(3,4)8-6-15/h11-12,14,25H,5-10,13H2,1-4H3. The molecule has 0 bridgehead atoms. The first-order chi connectivity index (χ1) is 11.7. The summed E-state index contributed by atoms with van der Waals surface area (Å²) in [6.07, 6.45) is 8.36. The van der Waals surface area contributed by atoms with Crippen LogP contribution in [-0.4, -0.2) is 44.0 Å². The first-order valence-electron chi connectivity index (χ1n) is 9.32. The summed E-state index contributed by atoms with van der Waals surface area (Å²) in [6, 6.07) is 0.198. The van der Waals surface area contributed by atoms with E-state index in [9.17, 15) is 9.90 Å². The molecule has 1 N–H and O–H groups in total. The summed E-state index contributed by atoms with van der Waals surface area (Å²) in [5.41, 5.74) is 1.10. The van der Waals surface area contributed by atoms with E-state index in [1.165, 1.54) is 5.57 Å². The van der Waals surface area contributed by atoms with Crippen LogP contribution in [0.5, 0.6) is 0 Å². The number of carbonyl (C=O) groups is 1. The summed E-state index contributed by atoms with van der Waals surface area (Å²) in [4.78, 5) is 14.3. The summed E-state index contributed by atoms with van der Waals surface area (Å²) in [6.45, 7) is 9.46. The Morgan fingerprint density at radius 1 is 1.28 bits per heavy atom. The number of allylic oxidation sites excluding steroid dienone is 1. The van der Waals surface area contributed by atoms with Crippen LogP contribution in [0.1, 0.15) is 71.5 Å². The Kier molecular flexibility index (Phi) is 4.75. The van der Waals surface area contributed by atoms with E-state index in [1.54, 1.807) is 21.9 Å². The third kappa shape index (κ3) is 3.94. The average Bonchev–Trinajstić information content (AvgIpc) is 3.17. The monoisotopic (exact) mass is 346 g/mol. The minimum Gasteiger partial charge on any atom is -0.381 e. The van der Waals surface area contributed by atoms with Gasteiger partial charge in [-0.25, -0.2) is 4.68 Å². The average molecular weight is 346 g/mol. The van der Waals surface area contributed by atoms with Gasteiger partial charge in [0.1, 0.15) is 11.3 Å². The number of nitrogens with zero attached hydrogens (tertiary/aromatic N) is 4. The molecule has 1 atom stereocenters. The Bertz CT molecular complexity index is 665. The molecule has 6 nitrogen and oxygen atoms in total. The second kappa shape index (κ2) is 6.56. The van der Waals surface area contributed by atoms with Crippen LogP contribution in [0.15, 0.2) is 17.8 Å². The highest BCUT2D eigenvalue weighted by molar-refractivity contribution is 5.88. The van der Waals surface area contributed by atoms with Crippen molar-refractivity contribution < 1.29 is 9.90 Å². The molecule has 2 heterocycles. The molecule has 0 radical (unpaired) electrons. The van der Waals surface area contributed by atoms with Crippen LogP contribution in [0.4, 0.5) is 0 Å². The number of aromatic nitrogens is 3. The topological polar surface area (TPSA) is 71.2 Å². The van der Waals surface area contributed by atoms with Gasteiger partial charge < -0.3 is 10.0 Å². The van der Waals surface area contributed by atoms with Gasteiger partial charge in [0.25, 0.3) is 0 Å². The molecule has 1 unspecified atom stereocenters. The number of amides is 1. The van der Waals surface area contributed by atoms with Crippen molar-refractivity contribution >= 4 is 5.91 Å². The Morgan fingerprint density at radius 2 is 1.96 bits per heavy atom. The van der Waals surface area contributed by atoms with E-state index in [1.807, 2.05) is 13.8 Å². The molecule has 1 aliphatic heterocycles. The second-order valence-corrected chi connectivity index (χ2v) is 8.69. The van der Waals surface area contributed by atoms with Crippen LogP contribution in [0.25, 0.3) is 0 Å². The Labute approximate surface area is 149 Å². The molecule has 138 valence electrons. The van der Waals surface area contributed by atoms with E-state index in [2.05, 4.69) is 24.2 Å². The van der Waals surface area contributed by atoms with Crippen LogP contribution < -0.4 is 0 Å². The van der Waals surface area contributed by atoms with Gasteiger partial charge in [-0.2, -0.15) is 0 Å². The Balaban J connectivity index is 1.64. The van der Waals surface area contributed by atoms with Gasteiger partial charge in [0.05, 0.1) is 12.7 Å². The number of hydrogen-bond acceptors (Lipinski definition) is 4. The summed E-state index contributed by atoms with van der Waals surface area (Å²) < 4.78 is 1.74. The lowest BCUT2D eigenvalue weighted by atomic mass is 9.75. The zero-order valence-corrected chi connectivity index (χ0v) is 15.8. The third-order valence-corrected chi connectivity index (χ3v) is 5.65. The lowest BCUT2D eigenvalue weighted by Crippen LogP contribution is -2.34. The highest BCUT2D eigenvalue weighted by atomic mass is 16.3. The number of hydrogen-bond donors (Lipinski definition) is 1. The van der Waals surface area contributed by atoms with Crippen molar-refractivity contribution in [1.82, 2.24) is 19.9 Å². The maximum Gasteiger partial charge on any atom is 0.246 e. The summed E-state index contributed by atoms with van der Waals surface area (Å²) in [5, 5.41) is 19.1. The predicted octanol–water partition coefficient (Wildman–Crippen LogP) is 2.81. The first-order valence-corrected chi connectivity index (χ1v) is 9.32.